The Morgan fingerprint density at radius 3 is 2.26 bits per heavy atom. The lowest BCUT2D eigenvalue weighted by molar-refractivity contribution is -0.384. The third-order valence-corrected chi connectivity index (χ3v) is 2.98. The molecule has 0 fully saturated rings. The topological polar surface area (TPSA) is 72.2 Å². The lowest BCUT2D eigenvalue weighted by Crippen LogP contribution is -2.05. The van der Waals surface area contributed by atoms with Gasteiger partial charge >= 0.3 is 0 Å². The van der Waals surface area contributed by atoms with E-state index >= 15 is 0 Å². The van der Waals surface area contributed by atoms with E-state index in [-0.39, 0.29) is 11.6 Å². The number of anilines is 1. The number of non-ortho nitro benzene ring substituents is 1. The van der Waals surface area contributed by atoms with Gasteiger partial charge in [-0.1, -0.05) is 48.6 Å². The van der Waals surface area contributed by atoms with Crippen LogP contribution in [0.1, 0.15) is 18.1 Å². The van der Waals surface area contributed by atoms with Crippen molar-refractivity contribution in [2.24, 2.45) is 0 Å². The van der Waals surface area contributed by atoms with Crippen LogP contribution in [0.25, 0.3) is 12.2 Å². The number of carbonyl (C=O) groups excluding carboxylic acids is 1. The van der Waals surface area contributed by atoms with Gasteiger partial charge in [-0.25, -0.2) is 0 Å². The molecule has 0 atom stereocenters. The van der Waals surface area contributed by atoms with Crippen LogP contribution < -0.4 is 5.32 Å². The number of benzene rings is 2. The number of carbonyl (C=O) groups is 1. The molecule has 0 aliphatic heterocycles. The molecule has 23 heavy (non-hydrogen) atoms. The van der Waals surface area contributed by atoms with Crippen molar-refractivity contribution >= 4 is 29.4 Å². The van der Waals surface area contributed by atoms with Crippen molar-refractivity contribution in [2.45, 2.75) is 6.92 Å². The number of nitro groups is 1. The fourth-order valence-corrected chi connectivity index (χ4v) is 2.00. The lowest BCUT2D eigenvalue weighted by Gasteiger charge is -2.02. The van der Waals surface area contributed by atoms with Crippen LogP contribution in [0, 0.1) is 10.1 Å². The molecule has 0 heterocycles. The first-order chi connectivity index (χ1) is 11.0. The third-order valence-electron chi connectivity index (χ3n) is 2.98. The van der Waals surface area contributed by atoms with Crippen LogP contribution in [-0.4, -0.2) is 10.8 Å². The molecule has 0 aliphatic rings. The summed E-state index contributed by atoms with van der Waals surface area (Å²) in [6.07, 6.45) is 7.33. The molecule has 0 radical (unpaired) electrons. The normalized spacial score (nSPS) is 11.0. The van der Waals surface area contributed by atoms with Crippen LogP contribution in [0.3, 0.4) is 0 Å². The molecular formula is C18H16N2O3. The van der Waals surface area contributed by atoms with Gasteiger partial charge in [-0.15, -0.1) is 0 Å². The molecule has 0 bridgehead atoms. The van der Waals surface area contributed by atoms with Crippen LogP contribution in [0.4, 0.5) is 11.4 Å². The van der Waals surface area contributed by atoms with Crippen molar-refractivity contribution in [2.75, 3.05) is 5.32 Å². The minimum atomic E-state index is -0.416. The van der Waals surface area contributed by atoms with E-state index < -0.39 is 4.92 Å². The van der Waals surface area contributed by atoms with Gasteiger partial charge in [-0.05, 0) is 23.3 Å². The number of nitrogens with zero attached hydrogens (tertiary/aromatic N) is 1. The minimum absolute atomic E-state index is 0.0686. The summed E-state index contributed by atoms with van der Waals surface area (Å²) in [4.78, 5) is 21.3. The molecule has 0 spiro atoms. The molecular weight excluding hydrogens is 292 g/mol. The van der Waals surface area contributed by atoms with Crippen molar-refractivity contribution in [3.05, 3.63) is 81.9 Å². The minimum Gasteiger partial charge on any atom is -0.326 e. The second kappa shape index (κ2) is 7.70. The Labute approximate surface area is 134 Å². The van der Waals surface area contributed by atoms with Gasteiger partial charge in [0.05, 0.1) is 4.92 Å². The maximum Gasteiger partial charge on any atom is 0.270 e. The maximum atomic E-state index is 11.0. The summed E-state index contributed by atoms with van der Waals surface area (Å²) in [7, 11) is 0. The van der Waals surface area contributed by atoms with E-state index in [0.29, 0.717) is 0 Å². The van der Waals surface area contributed by atoms with Crippen LogP contribution in [0.5, 0.6) is 0 Å². The Morgan fingerprint density at radius 2 is 1.65 bits per heavy atom. The number of rotatable bonds is 5. The lowest BCUT2D eigenvalue weighted by atomic mass is 10.1. The zero-order chi connectivity index (χ0) is 16.7. The number of hydrogen-bond acceptors (Lipinski definition) is 3. The predicted octanol–water partition coefficient (Wildman–Crippen LogP) is 4.28. The fraction of sp³-hybridized carbons (Fsp3) is 0.0556. The Bertz CT molecular complexity index is 779. The zero-order valence-corrected chi connectivity index (χ0v) is 12.6. The first-order valence-corrected chi connectivity index (χ1v) is 7.01. The summed E-state index contributed by atoms with van der Waals surface area (Å²) in [5.74, 6) is -0.114. The van der Waals surface area contributed by atoms with E-state index in [9.17, 15) is 14.9 Å². The van der Waals surface area contributed by atoms with Gasteiger partial charge in [0.15, 0.2) is 0 Å². The Balaban J connectivity index is 2.05. The Kier molecular flexibility index (Phi) is 5.41. The molecule has 0 saturated carbocycles. The molecule has 2 rings (SSSR count). The molecule has 2 aromatic carbocycles. The summed E-state index contributed by atoms with van der Waals surface area (Å²) in [5, 5.41) is 13.4. The second-order valence-corrected chi connectivity index (χ2v) is 4.88. The van der Waals surface area contributed by atoms with E-state index in [1.807, 2.05) is 42.5 Å². The standard InChI is InChI=1S/C18H16N2O3/c1-14(21)19-17-10-4-8-15(12-17)6-2-3-7-16-9-5-11-18(13-16)20(22)23/h2-13H,1H3,(H,19,21). The molecule has 0 aliphatic carbocycles. The predicted molar refractivity (Wildman–Crippen MR) is 91.9 cm³/mol. The van der Waals surface area contributed by atoms with Crippen molar-refractivity contribution in [1.29, 1.82) is 0 Å². The van der Waals surface area contributed by atoms with Crippen molar-refractivity contribution in [3.63, 3.8) is 0 Å². The molecule has 1 amide bonds. The molecule has 2 aromatic rings. The summed E-state index contributed by atoms with van der Waals surface area (Å²) in [6, 6.07) is 13.9. The smallest absolute Gasteiger partial charge is 0.270 e. The third kappa shape index (κ3) is 5.24. The van der Waals surface area contributed by atoms with Gasteiger partial charge in [-0.2, -0.15) is 0 Å². The quantitative estimate of drug-likeness (QED) is 0.509. The van der Waals surface area contributed by atoms with E-state index in [4.69, 9.17) is 0 Å². The molecule has 0 unspecified atom stereocenters. The van der Waals surface area contributed by atoms with Crippen LogP contribution >= 0.6 is 0 Å². The average Bonchev–Trinajstić information content (AvgIpc) is 2.51. The summed E-state index contributed by atoms with van der Waals surface area (Å²) < 4.78 is 0. The molecule has 0 aromatic heterocycles. The number of hydrogen-bond donors (Lipinski definition) is 1. The highest BCUT2D eigenvalue weighted by Crippen LogP contribution is 2.15. The average molecular weight is 308 g/mol. The SMILES string of the molecule is CC(=O)Nc1cccc(C=CC=Cc2cccc([N+](=O)[O-])c2)c1. The summed E-state index contributed by atoms with van der Waals surface area (Å²) in [5.41, 5.74) is 2.51. The molecule has 0 saturated heterocycles. The number of nitro benzene ring substituents is 1. The Morgan fingerprint density at radius 1 is 1.04 bits per heavy atom. The van der Waals surface area contributed by atoms with Crippen LogP contribution in [0.2, 0.25) is 0 Å². The maximum absolute atomic E-state index is 11.0. The number of amides is 1. The van der Waals surface area contributed by atoms with Gasteiger partial charge in [0, 0.05) is 24.7 Å². The van der Waals surface area contributed by atoms with Crippen molar-refractivity contribution in [3.8, 4) is 0 Å². The highest BCUT2D eigenvalue weighted by molar-refractivity contribution is 5.89. The van der Waals surface area contributed by atoms with Gasteiger partial charge in [0.2, 0.25) is 5.91 Å². The van der Waals surface area contributed by atoms with E-state index in [2.05, 4.69) is 5.32 Å². The first kappa shape index (κ1) is 16.2. The van der Waals surface area contributed by atoms with E-state index in [1.54, 1.807) is 18.2 Å². The largest absolute Gasteiger partial charge is 0.326 e. The zero-order valence-electron chi connectivity index (χ0n) is 12.6. The van der Waals surface area contributed by atoms with Gasteiger partial charge in [0.1, 0.15) is 0 Å². The van der Waals surface area contributed by atoms with Crippen LogP contribution in [0.15, 0.2) is 60.7 Å². The molecule has 5 nitrogen and oxygen atoms in total. The Hall–Kier alpha value is -3.21. The highest BCUT2D eigenvalue weighted by atomic mass is 16.6. The second-order valence-electron chi connectivity index (χ2n) is 4.88. The van der Waals surface area contributed by atoms with E-state index in [0.717, 1.165) is 16.8 Å². The van der Waals surface area contributed by atoms with Gasteiger partial charge < -0.3 is 5.32 Å². The van der Waals surface area contributed by atoms with Gasteiger partial charge in [0.25, 0.3) is 5.69 Å². The van der Waals surface area contributed by atoms with Crippen molar-refractivity contribution < 1.29 is 9.72 Å². The summed E-state index contributed by atoms with van der Waals surface area (Å²) in [6.45, 7) is 1.46. The summed E-state index contributed by atoms with van der Waals surface area (Å²) >= 11 is 0. The molecule has 116 valence electrons. The number of nitrogens with one attached hydrogen (secondary N) is 1. The number of allylic oxidation sites excluding steroid dienone is 2. The van der Waals surface area contributed by atoms with Crippen LogP contribution in [-0.2, 0) is 4.79 Å². The van der Waals surface area contributed by atoms with Gasteiger partial charge in [-0.3, -0.25) is 14.9 Å². The fourth-order valence-electron chi connectivity index (χ4n) is 2.00. The van der Waals surface area contributed by atoms with Crippen molar-refractivity contribution in [1.82, 2.24) is 0 Å². The van der Waals surface area contributed by atoms with E-state index in [1.165, 1.54) is 19.1 Å². The molecule has 1 N–H and O–H groups in total. The molecule has 5 heteroatoms. The first-order valence-electron chi connectivity index (χ1n) is 7.01. The monoisotopic (exact) mass is 308 g/mol. The highest BCUT2D eigenvalue weighted by Gasteiger charge is 2.03.